The Morgan fingerprint density at radius 3 is 1.40 bits per heavy atom. The molecule has 5 aromatic carbocycles. The SMILES string of the molecule is O=C(O)c1cc(N2C(=O)[C@@H]3[C@H](C2=O)[C@]2(c4ccccc4)C(=O)[C@]3(c3ccccc3)C(c3ccccc3)=C2c2ccccc2)ccc1Cl. The van der Waals surface area contributed by atoms with Crippen LogP contribution in [0.5, 0.6) is 0 Å². The molecule has 228 valence electrons. The zero-order valence-corrected chi connectivity index (χ0v) is 25.6. The number of Topliss-reactive ketones (excluding diaryl/α,β-unsaturated/α-hetero) is 1. The van der Waals surface area contributed by atoms with E-state index < -0.39 is 40.4 Å². The smallest absolute Gasteiger partial charge is 0.337 e. The Hall–Kier alpha value is -5.59. The van der Waals surface area contributed by atoms with Gasteiger partial charge in [0.25, 0.3) is 0 Å². The Labute approximate surface area is 275 Å². The minimum Gasteiger partial charge on any atom is -0.478 e. The van der Waals surface area contributed by atoms with Crippen LogP contribution >= 0.6 is 11.6 Å². The fraction of sp³-hybridized carbons (Fsp3) is 0.100. The lowest BCUT2D eigenvalue weighted by Gasteiger charge is -2.39. The number of anilines is 1. The van der Waals surface area contributed by atoms with Crippen LogP contribution in [0.1, 0.15) is 32.6 Å². The summed E-state index contributed by atoms with van der Waals surface area (Å²) in [5.74, 6) is -4.86. The molecule has 0 unspecified atom stereocenters. The van der Waals surface area contributed by atoms with Gasteiger partial charge in [-0.3, -0.25) is 14.4 Å². The molecule has 1 heterocycles. The summed E-state index contributed by atoms with van der Waals surface area (Å²) in [4.78, 5) is 59.0. The fourth-order valence-corrected chi connectivity index (χ4v) is 8.60. The molecule has 1 saturated carbocycles. The molecule has 2 aliphatic carbocycles. The number of amides is 2. The van der Waals surface area contributed by atoms with Crippen molar-refractivity contribution in [2.24, 2.45) is 11.8 Å². The van der Waals surface area contributed by atoms with Crippen molar-refractivity contribution in [2.75, 3.05) is 4.90 Å². The molecular formula is C40H26ClNO5. The second kappa shape index (κ2) is 10.5. The average Bonchev–Trinajstić information content (AvgIpc) is 3.62. The minimum atomic E-state index is -1.54. The van der Waals surface area contributed by atoms with Crippen molar-refractivity contribution < 1.29 is 24.3 Å². The highest BCUT2D eigenvalue weighted by Gasteiger charge is 2.82. The van der Waals surface area contributed by atoms with E-state index in [0.29, 0.717) is 22.3 Å². The van der Waals surface area contributed by atoms with Gasteiger partial charge in [-0.15, -0.1) is 0 Å². The molecule has 0 radical (unpaired) electrons. The molecule has 0 spiro atoms. The van der Waals surface area contributed by atoms with E-state index in [2.05, 4.69) is 0 Å². The van der Waals surface area contributed by atoms with Gasteiger partial charge in [0.1, 0.15) is 0 Å². The summed E-state index contributed by atoms with van der Waals surface area (Å²) in [6, 6.07) is 41.8. The molecule has 5 aromatic rings. The van der Waals surface area contributed by atoms with Crippen LogP contribution in [0.3, 0.4) is 0 Å². The van der Waals surface area contributed by atoms with Gasteiger partial charge in [0.15, 0.2) is 5.78 Å². The second-order valence-electron chi connectivity index (χ2n) is 12.1. The van der Waals surface area contributed by atoms with Gasteiger partial charge in [-0.2, -0.15) is 0 Å². The highest BCUT2D eigenvalue weighted by Crippen LogP contribution is 2.74. The second-order valence-corrected chi connectivity index (χ2v) is 12.5. The van der Waals surface area contributed by atoms with E-state index in [-0.39, 0.29) is 22.1 Å². The van der Waals surface area contributed by atoms with Crippen molar-refractivity contribution in [2.45, 2.75) is 10.8 Å². The number of hydrogen-bond donors (Lipinski definition) is 1. The van der Waals surface area contributed by atoms with Crippen LogP contribution in [0.25, 0.3) is 11.1 Å². The molecule has 8 rings (SSSR count). The van der Waals surface area contributed by atoms with E-state index in [9.17, 15) is 9.90 Å². The Balaban J connectivity index is 1.53. The van der Waals surface area contributed by atoms with Crippen molar-refractivity contribution in [1.82, 2.24) is 0 Å². The van der Waals surface area contributed by atoms with Gasteiger partial charge in [-0.25, -0.2) is 9.69 Å². The van der Waals surface area contributed by atoms with Crippen LogP contribution < -0.4 is 4.90 Å². The summed E-state index contributed by atoms with van der Waals surface area (Å²) in [6.07, 6.45) is 0. The zero-order valence-electron chi connectivity index (χ0n) is 24.8. The maximum absolute atomic E-state index is 15.9. The van der Waals surface area contributed by atoms with Gasteiger partial charge in [0.05, 0.1) is 38.9 Å². The number of rotatable bonds is 6. The predicted molar refractivity (Wildman–Crippen MR) is 179 cm³/mol. The van der Waals surface area contributed by atoms with Gasteiger partial charge in [0.2, 0.25) is 11.8 Å². The van der Waals surface area contributed by atoms with Gasteiger partial charge < -0.3 is 5.11 Å². The van der Waals surface area contributed by atoms with E-state index in [1.807, 2.05) is 121 Å². The first kappa shape index (κ1) is 28.9. The normalized spacial score (nSPS) is 24.6. The largest absolute Gasteiger partial charge is 0.478 e. The number of carboxylic acids is 1. The molecule has 7 heteroatoms. The summed E-state index contributed by atoms with van der Waals surface area (Å²) >= 11 is 6.20. The topological polar surface area (TPSA) is 91.8 Å². The van der Waals surface area contributed by atoms with Crippen molar-refractivity contribution >= 4 is 52.0 Å². The number of fused-ring (bicyclic) bond motifs is 5. The standard InChI is InChI=1S/C40H26ClNO5/c41-30-22-21-28(23-29(30)37(45)46)42-35(43)33-34(36(42)44)40(27-19-11-4-12-20-27)32(25-15-7-2-8-16-25)31(24-13-5-1-6-14-24)39(33,38(40)47)26-17-9-3-10-18-26/h1-23,33-34H,(H,45,46)/t33-,34+,39-,40-/m1/s1. The lowest BCUT2D eigenvalue weighted by atomic mass is 9.59. The quantitative estimate of drug-likeness (QED) is 0.199. The highest BCUT2D eigenvalue weighted by atomic mass is 35.5. The summed E-state index contributed by atoms with van der Waals surface area (Å²) in [7, 11) is 0. The summed E-state index contributed by atoms with van der Waals surface area (Å²) in [6.45, 7) is 0. The van der Waals surface area contributed by atoms with Crippen molar-refractivity contribution in [3.8, 4) is 0 Å². The molecule has 1 aliphatic heterocycles. The summed E-state index contributed by atoms with van der Waals surface area (Å²) in [5, 5.41) is 9.81. The lowest BCUT2D eigenvalue weighted by molar-refractivity contribution is -0.130. The number of carboxylic acid groups (broad SMARTS) is 1. The molecule has 2 fully saturated rings. The number of halogens is 1. The molecule has 2 amide bonds. The van der Waals surface area contributed by atoms with Crippen LogP contribution in [-0.4, -0.2) is 28.7 Å². The van der Waals surface area contributed by atoms with Crippen LogP contribution in [0, 0.1) is 11.8 Å². The first-order valence-corrected chi connectivity index (χ1v) is 15.6. The van der Waals surface area contributed by atoms with Gasteiger partial charge in [-0.1, -0.05) is 133 Å². The Bertz CT molecular complexity index is 2030. The average molecular weight is 636 g/mol. The van der Waals surface area contributed by atoms with E-state index >= 15 is 14.4 Å². The number of ketones is 1. The molecule has 47 heavy (non-hydrogen) atoms. The number of hydrogen-bond acceptors (Lipinski definition) is 4. The third kappa shape index (κ3) is 3.67. The number of nitrogens with zero attached hydrogens (tertiary/aromatic N) is 1. The number of allylic oxidation sites excluding steroid dienone is 2. The molecule has 4 atom stereocenters. The summed E-state index contributed by atoms with van der Waals surface area (Å²) < 4.78 is 0. The molecule has 6 nitrogen and oxygen atoms in total. The zero-order chi connectivity index (χ0) is 32.5. The van der Waals surface area contributed by atoms with Crippen LogP contribution in [0.15, 0.2) is 140 Å². The molecule has 1 N–H and O–H groups in total. The number of carbonyl (C=O) groups is 4. The summed E-state index contributed by atoms with van der Waals surface area (Å²) in [5.41, 5.74) is 0.945. The van der Waals surface area contributed by atoms with Crippen LogP contribution in [0.4, 0.5) is 5.69 Å². The Morgan fingerprint density at radius 1 is 0.596 bits per heavy atom. The number of carbonyl (C=O) groups excluding carboxylic acids is 3. The number of benzene rings is 5. The Morgan fingerprint density at radius 2 is 1.00 bits per heavy atom. The lowest BCUT2D eigenvalue weighted by Crippen LogP contribution is -2.45. The van der Waals surface area contributed by atoms with Gasteiger partial charge in [0, 0.05) is 0 Å². The van der Waals surface area contributed by atoms with Crippen molar-refractivity contribution in [3.05, 3.63) is 172 Å². The number of imide groups is 1. The highest BCUT2D eigenvalue weighted by molar-refractivity contribution is 6.39. The van der Waals surface area contributed by atoms with E-state index in [4.69, 9.17) is 11.6 Å². The fourth-order valence-electron chi connectivity index (χ4n) is 8.40. The molecule has 2 bridgehead atoms. The number of aromatic carboxylic acids is 1. The third-order valence-electron chi connectivity index (χ3n) is 10.0. The van der Waals surface area contributed by atoms with E-state index in [1.54, 1.807) is 0 Å². The minimum absolute atomic E-state index is 0.0170. The van der Waals surface area contributed by atoms with Crippen molar-refractivity contribution in [3.63, 3.8) is 0 Å². The molecule has 3 aliphatic rings. The van der Waals surface area contributed by atoms with Crippen molar-refractivity contribution in [1.29, 1.82) is 0 Å². The first-order chi connectivity index (χ1) is 22.8. The van der Waals surface area contributed by atoms with Crippen LogP contribution in [0.2, 0.25) is 5.02 Å². The van der Waals surface area contributed by atoms with E-state index in [1.165, 1.54) is 18.2 Å². The molecular weight excluding hydrogens is 610 g/mol. The Kier molecular flexibility index (Phi) is 6.43. The maximum atomic E-state index is 15.9. The van der Waals surface area contributed by atoms with Gasteiger partial charge in [-0.05, 0) is 51.6 Å². The van der Waals surface area contributed by atoms with Gasteiger partial charge >= 0.3 is 5.97 Å². The van der Waals surface area contributed by atoms with E-state index in [0.717, 1.165) is 16.0 Å². The monoisotopic (exact) mass is 635 g/mol. The maximum Gasteiger partial charge on any atom is 0.337 e. The molecule has 1 saturated heterocycles. The van der Waals surface area contributed by atoms with Crippen LogP contribution in [-0.2, 0) is 25.2 Å². The molecule has 0 aromatic heterocycles. The first-order valence-electron chi connectivity index (χ1n) is 15.3. The third-order valence-corrected chi connectivity index (χ3v) is 10.3. The predicted octanol–water partition coefficient (Wildman–Crippen LogP) is 7.23.